The second-order valence-electron chi connectivity index (χ2n) is 4.44. The smallest absolute Gasteiger partial charge is 0.131 e. The van der Waals surface area contributed by atoms with E-state index in [1.54, 1.807) is 13.3 Å². The molecule has 0 aliphatic heterocycles. The van der Waals surface area contributed by atoms with Gasteiger partial charge in [-0.25, -0.2) is 0 Å². The molecule has 0 saturated heterocycles. The summed E-state index contributed by atoms with van der Waals surface area (Å²) in [5.41, 5.74) is 0.971. The van der Waals surface area contributed by atoms with Crippen LogP contribution in [0.5, 0.6) is 17.2 Å². The highest BCUT2D eigenvalue weighted by molar-refractivity contribution is 5.36. The Balaban J connectivity index is 2.03. The number of pyridine rings is 1. The molecule has 0 radical (unpaired) electrons. The SMILES string of the molecule is CCCNCc1cc(Oc2cccc(OC)c2)ccn1. The molecule has 0 aliphatic rings. The van der Waals surface area contributed by atoms with E-state index in [4.69, 9.17) is 9.47 Å². The summed E-state index contributed by atoms with van der Waals surface area (Å²) in [6.07, 6.45) is 2.87. The normalized spacial score (nSPS) is 10.3. The number of aromatic nitrogens is 1. The van der Waals surface area contributed by atoms with Crippen molar-refractivity contribution in [3.63, 3.8) is 0 Å². The van der Waals surface area contributed by atoms with Crippen LogP contribution in [0.25, 0.3) is 0 Å². The van der Waals surface area contributed by atoms with Crippen LogP contribution in [0.4, 0.5) is 0 Å². The van der Waals surface area contributed by atoms with Crippen LogP contribution < -0.4 is 14.8 Å². The van der Waals surface area contributed by atoms with Crippen molar-refractivity contribution in [2.45, 2.75) is 19.9 Å². The lowest BCUT2D eigenvalue weighted by atomic mass is 10.3. The summed E-state index contributed by atoms with van der Waals surface area (Å²) in [4.78, 5) is 4.32. The van der Waals surface area contributed by atoms with Crippen molar-refractivity contribution >= 4 is 0 Å². The van der Waals surface area contributed by atoms with Gasteiger partial charge in [-0.15, -0.1) is 0 Å². The Morgan fingerprint density at radius 1 is 1.10 bits per heavy atom. The Bertz CT molecular complexity index is 544. The van der Waals surface area contributed by atoms with E-state index in [-0.39, 0.29) is 0 Å². The average molecular weight is 272 g/mol. The van der Waals surface area contributed by atoms with Gasteiger partial charge in [0.15, 0.2) is 0 Å². The van der Waals surface area contributed by atoms with Gasteiger partial charge >= 0.3 is 0 Å². The first-order valence-electron chi connectivity index (χ1n) is 6.79. The van der Waals surface area contributed by atoms with Gasteiger partial charge in [0.2, 0.25) is 0 Å². The van der Waals surface area contributed by atoms with Crippen LogP contribution in [0.15, 0.2) is 42.6 Å². The number of rotatable bonds is 7. The van der Waals surface area contributed by atoms with Crippen molar-refractivity contribution in [3.8, 4) is 17.2 Å². The maximum Gasteiger partial charge on any atom is 0.131 e. The van der Waals surface area contributed by atoms with Crippen molar-refractivity contribution in [3.05, 3.63) is 48.3 Å². The maximum absolute atomic E-state index is 5.82. The third-order valence-electron chi connectivity index (χ3n) is 2.80. The van der Waals surface area contributed by atoms with Crippen LogP contribution in [0.3, 0.4) is 0 Å². The number of methoxy groups -OCH3 is 1. The molecule has 0 amide bonds. The number of hydrogen-bond donors (Lipinski definition) is 1. The largest absolute Gasteiger partial charge is 0.497 e. The number of nitrogens with zero attached hydrogens (tertiary/aromatic N) is 1. The Kier molecular flexibility index (Phi) is 5.38. The average Bonchev–Trinajstić information content (AvgIpc) is 2.48. The lowest BCUT2D eigenvalue weighted by Gasteiger charge is -2.08. The van der Waals surface area contributed by atoms with Gasteiger partial charge in [0.05, 0.1) is 12.8 Å². The van der Waals surface area contributed by atoms with Gasteiger partial charge in [-0.2, -0.15) is 0 Å². The minimum absolute atomic E-state index is 0.753. The molecule has 1 aromatic heterocycles. The van der Waals surface area contributed by atoms with Crippen LogP contribution in [0, 0.1) is 0 Å². The van der Waals surface area contributed by atoms with Gasteiger partial charge in [-0.1, -0.05) is 13.0 Å². The Hall–Kier alpha value is -2.07. The first kappa shape index (κ1) is 14.3. The van der Waals surface area contributed by atoms with E-state index < -0.39 is 0 Å². The minimum atomic E-state index is 0.753. The Morgan fingerprint density at radius 3 is 2.70 bits per heavy atom. The molecular weight excluding hydrogens is 252 g/mol. The highest BCUT2D eigenvalue weighted by atomic mass is 16.5. The zero-order valence-corrected chi connectivity index (χ0v) is 11.9. The molecule has 0 aliphatic carbocycles. The highest BCUT2D eigenvalue weighted by Crippen LogP contribution is 2.25. The molecule has 0 spiro atoms. The van der Waals surface area contributed by atoms with Crippen molar-refractivity contribution < 1.29 is 9.47 Å². The van der Waals surface area contributed by atoms with E-state index in [0.29, 0.717) is 0 Å². The van der Waals surface area contributed by atoms with E-state index in [2.05, 4.69) is 17.2 Å². The topological polar surface area (TPSA) is 43.4 Å². The van der Waals surface area contributed by atoms with Crippen molar-refractivity contribution in [1.82, 2.24) is 10.3 Å². The predicted molar refractivity (Wildman–Crippen MR) is 79.3 cm³/mol. The monoisotopic (exact) mass is 272 g/mol. The maximum atomic E-state index is 5.82. The molecule has 2 rings (SSSR count). The van der Waals surface area contributed by atoms with Crippen LogP contribution in [-0.2, 0) is 6.54 Å². The van der Waals surface area contributed by atoms with E-state index in [0.717, 1.165) is 42.5 Å². The minimum Gasteiger partial charge on any atom is -0.497 e. The van der Waals surface area contributed by atoms with E-state index in [1.165, 1.54) is 0 Å². The summed E-state index contributed by atoms with van der Waals surface area (Å²) >= 11 is 0. The van der Waals surface area contributed by atoms with E-state index >= 15 is 0 Å². The molecule has 0 saturated carbocycles. The molecule has 4 heteroatoms. The number of nitrogens with one attached hydrogen (secondary N) is 1. The first-order chi connectivity index (χ1) is 9.81. The Labute approximate surface area is 119 Å². The zero-order valence-electron chi connectivity index (χ0n) is 11.9. The third-order valence-corrected chi connectivity index (χ3v) is 2.80. The van der Waals surface area contributed by atoms with E-state index in [1.807, 2.05) is 36.4 Å². The van der Waals surface area contributed by atoms with E-state index in [9.17, 15) is 0 Å². The molecule has 106 valence electrons. The summed E-state index contributed by atoms with van der Waals surface area (Å²) in [7, 11) is 1.64. The lowest BCUT2D eigenvalue weighted by Crippen LogP contribution is -2.14. The Morgan fingerprint density at radius 2 is 1.90 bits per heavy atom. The van der Waals surface area contributed by atoms with Crippen LogP contribution in [0.1, 0.15) is 19.0 Å². The summed E-state index contributed by atoms with van der Waals surface area (Å²) in [5.74, 6) is 2.31. The van der Waals surface area contributed by atoms with Gasteiger partial charge in [0, 0.05) is 24.9 Å². The number of hydrogen-bond acceptors (Lipinski definition) is 4. The summed E-state index contributed by atoms with van der Waals surface area (Å²) in [6, 6.07) is 11.3. The van der Waals surface area contributed by atoms with Crippen molar-refractivity contribution in [2.24, 2.45) is 0 Å². The predicted octanol–water partition coefficient (Wildman–Crippen LogP) is 3.38. The lowest BCUT2D eigenvalue weighted by molar-refractivity contribution is 0.409. The molecule has 4 nitrogen and oxygen atoms in total. The molecule has 0 fully saturated rings. The van der Waals surface area contributed by atoms with Crippen molar-refractivity contribution in [1.29, 1.82) is 0 Å². The van der Waals surface area contributed by atoms with Crippen LogP contribution >= 0.6 is 0 Å². The molecular formula is C16H20N2O2. The third kappa shape index (κ3) is 4.24. The van der Waals surface area contributed by atoms with Crippen LogP contribution in [-0.4, -0.2) is 18.6 Å². The molecule has 0 bridgehead atoms. The van der Waals surface area contributed by atoms with Crippen LogP contribution in [0.2, 0.25) is 0 Å². The molecule has 2 aromatic rings. The molecule has 1 N–H and O–H groups in total. The summed E-state index contributed by atoms with van der Waals surface area (Å²) < 4.78 is 11.0. The van der Waals surface area contributed by atoms with Crippen molar-refractivity contribution in [2.75, 3.05) is 13.7 Å². The van der Waals surface area contributed by atoms with Gasteiger partial charge in [0.1, 0.15) is 17.2 Å². The van der Waals surface area contributed by atoms with Gasteiger partial charge in [-0.05, 0) is 31.2 Å². The standard InChI is InChI=1S/C16H20N2O2/c1-3-8-17-12-13-10-16(7-9-18-13)20-15-6-4-5-14(11-15)19-2/h4-7,9-11,17H,3,8,12H2,1-2H3. The fraction of sp³-hybridized carbons (Fsp3) is 0.312. The van der Waals surface area contributed by atoms with Gasteiger partial charge < -0.3 is 14.8 Å². The number of benzene rings is 1. The second-order valence-corrected chi connectivity index (χ2v) is 4.44. The quantitative estimate of drug-likeness (QED) is 0.785. The molecule has 1 heterocycles. The molecule has 0 unspecified atom stereocenters. The van der Waals surface area contributed by atoms with Gasteiger partial charge in [0.25, 0.3) is 0 Å². The fourth-order valence-electron chi connectivity index (χ4n) is 1.81. The van der Waals surface area contributed by atoms with Gasteiger partial charge in [-0.3, -0.25) is 4.98 Å². The molecule has 0 atom stereocenters. The zero-order chi connectivity index (χ0) is 14.2. The molecule has 20 heavy (non-hydrogen) atoms. The number of ether oxygens (including phenoxy) is 2. The first-order valence-corrected chi connectivity index (χ1v) is 6.79. The highest BCUT2D eigenvalue weighted by Gasteiger charge is 2.01. The molecule has 1 aromatic carbocycles. The summed E-state index contributed by atoms with van der Waals surface area (Å²) in [5, 5.41) is 3.32. The second kappa shape index (κ2) is 7.50. The fourth-order valence-corrected chi connectivity index (χ4v) is 1.81. The summed E-state index contributed by atoms with van der Waals surface area (Å²) in [6.45, 7) is 3.88.